The molecule has 1 fully saturated rings. The minimum atomic E-state index is -0.482. The third-order valence-electron chi connectivity index (χ3n) is 4.71. The van der Waals surface area contributed by atoms with Crippen LogP contribution in [0.2, 0.25) is 0 Å². The molecule has 0 aromatic carbocycles. The second-order valence-electron chi connectivity index (χ2n) is 8.57. The van der Waals surface area contributed by atoms with Gasteiger partial charge in [-0.05, 0) is 32.3 Å². The molecule has 5 heteroatoms. The van der Waals surface area contributed by atoms with Crippen LogP contribution in [0.25, 0.3) is 0 Å². The molecule has 4 atom stereocenters. The summed E-state index contributed by atoms with van der Waals surface area (Å²) in [5.74, 6) is 0.722. The summed E-state index contributed by atoms with van der Waals surface area (Å²) in [5.41, 5.74) is 0.808. The van der Waals surface area contributed by atoms with Crippen LogP contribution in [0, 0.1) is 11.8 Å². The first-order valence-electron chi connectivity index (χ1n) is 9.33. The Bertz CT molecular complexity index is 630. The Morgan fingerprint density at radius 1 is 1.38 bits per heavy atom. The van der Waals surface area contributed by atoms with Crippen molar-refractivity contribution >= 4 is 19.9 Å². The van der Waals surface area contributed by atoms with Gasteiger partial charge in [-0.3, -0.25) is 4.90 Å². The van der Waals surface area contributed by atoms with Crippen molar-refractivity contribution in [2.45, 2.75) is 39.3 Å². The van der Waals surface area contributed by atoms with Gasteiger partial charge in [0.05, 0.1) is 26.6 Å². The molecular formula is C21H34N2O2P+. The molecule has 26 heavy (non-hydrogen) atoms. The van der Waals surface area contributed by atoms with E-state index in [1.807, 2.05) is 27.8 Å². The molecule has 1 aliphatic heterocycles. The van der Waals surface area contributed by atoms with Crippen LogP contribution < -0.4 is 0 Å². The molecule has 2 rings (SSSR count). The molecule has 0 radical (unpaired) electrons. The molecule has 0 aromatic heterocycles. The quantitative estimate of drug-likeness (QED) is 0.683. The molecule has 1 aliphatic carbocycles. The summed E-state index contributed by atoms with van der Waals surface area (Å²) in [5, 5.41) is 0. The molecule has 1 heterocycles. The number of rotatable bonds is 4. The Balaban J connectivity index is 2.23. The molecule has 1 saturated heterocycles. The summed E-state index contributed by atoms with van der Waals surface area (Å²) < 4.78 is 5.61. The monoisotopic (exact) mass is 377 g/mol. The molecule has 0 spiro atoms. The van der Waals surface area contributed by atoms with Crippen molar-refractivity contribution in [2.75, 3.05) is 33.1 Å². The zero-order chi connectivity index (χ0) is 19.5. The Kier molecular flexibility index (Phi) is 6.87. The van der Waals surface area contributed by atoms with Gasteiger partial charge in [0.15, 0.2) is 6.29 Å². The number of ether oxygens (including phenoxy) is 1. The van der Waals surface area contributed by atoms with Crippen LogP contribution in [0.5, 0.6) is 0 Å². The van der Waals surface area contributed by atoms with Crippen molar-refractivity contribution in [1.29, 1.82) is 0 Å². The summed E-state index contributed by atoms with van der Waals surface area (Å²) >= 11 is 0. The van der Waals surface area contributed by atoms with E-state index in [0.717, 1.165) is 19.4 Å². The van der Waals surface area contributed by atoms with Gasteiger partial charge in [-0.1, -0.05) is 37.3 Å². The maximum absolute atomic E-state index is 12.6. The van der Waals surface area contributed by atoms with Crippen LogP contribution in [-0.4, -0.2) is 66.9 Å². The van der Waals surface area contributed by atoms with Crippen molar-refractivity contribution in [3.8, 4) is 0 Å². The van der Waals surface area contributed by atoms with Gasteiger partial charge in [0.1, 0.15) is 5.60 Å². The van der Waals surface area contributed by atoms with Crippen LogP contribution in [-0.2, 0) is 4.74 Å². The highest BCUT2D eigenvalue weighted by Crippen LogP contribution is 2.32. The Morgan fingerprint density at radius 3 is 2.69 bits per heavy atom. The average Bonchev–Trinajstić information content (AvgIpc) is 2.78. The summed E-state index contributed by atoms with van der Waals surface area (Å²) in [7, 11) is 1.62. The van der Waals surface area contributed by atoms with Crippen LogP contribution >= 0.6 is 7.55 Å². The topological polar surface area (TPSA) is 32.8 Å². The molecule has 0 saturated carbocycles. The predicted octanol–water partition coefficient (Wildman–Crippen LogP) is 4.34. The van der Waals surface area contributed by atoms with Gasteiger partial charge in [0.2, 0.25) is 0 Å². The van der Waals surface area contributed by atoms with Gasteiger partial charge in [0.25, 0.3) is 0 Å². The lowest BCUT2D eigenvalue weighted by Gasteiger charge is -2.31. The predicted molar refractivity (Wildman–Crippen MR) is 113 cm³/mol. The molecule has 1 amide bonds. The summed E-state index contributed by atoms with van der Waals surface area (Å²) in [6.45, 7) is 11.9. The van der Waals surface area contributed by atoms with Crippen molar-refractivity contribution < 1.29 is 9.53 Å². The van der Waals surface area contributed by atoms with Gasteiger partial charge in [-0.25, -0.2) is 4.79 Å². The first-order chi connectivity index (χ1) is 12.1. The van der Waals surface area contributed by atoms with E-state index in [-0.39, 0.29) is 25.6 Å². The highest BCUT2D eigenvalue weighted by atomic mass is 31.1. The van der Waals surface area contributed by atoms with E-state index in [4.69, 9.17) is 4.74 Å². The molecule has 144 valence electrons. The number of hydrogen-bond acceptors (Lipinski definition) is 3. The summed E-state index contributed by atoms with van der Waals surface area (Å²) in [6.07, 6.45) is 16.0. The van der Waals surface area contributed by atoms with Gasteiger partial charge in [0, 0.05) is 26.1 Å². The molecule has 4 nitrogen and oxygen atoms in total. The lowest BCUT2D eigenvalue weighted by molar-refractivity contribution is 0.0209. The van der Waals surface area contributed by atoms with Crippen molar-refractivity contribution in [1.82, 2.24) is 9.80 Å². The average molecular weight is 377 g/mol. The zero-order valence-electron chi connectivity index (χ0n) is 17.1. The second-order valence-corrected chi connectivity index (χ2v) is 10.6. The number of nitrogens with zero attached hydrogens (tertiary/aromatic N) is 2. The third kappa shape index (κ3) is 5.82. The molecule has 2 aliphatic rings. The summed E-state index contributed by atoms with van der Waals surface area (Å²) in [6, 6.07) is 0.109. The van der Waals surface area contributed by atoms with E-state index in [1.54, 1.807) is 4.90 Å². The Labute approximate surface area is 160 Å². The maximum atomic E-state index is 12.6. The molecule has 0 N–H and O–H groups in total. The van der Waals surface area contributed by atoms with Gasteiger partial charge >= 0.3 is 6.09 Å². The third-order valence-corrected chi connectivity index (χ3v) is 5.59. The van der Waals surface area contributed by atoms with E-state index in [0.29, 0.717) is 5.92 Å². The minimum absolute atomic E-state index is 0.109. The van der Waals surface area contributed by atoms with E-state index in [9.17, 15) is 4.79 Å². The van der Waals surface area contributed by atoms with E-state index in [2.05, 4.69) is 55.2 Å². The van der Waals surface area contributed by atoms with Gasteiger partial charge in [-0.15, -0.1) is 0 Å². The molecule has 4 unspecified atom stereocenters. The number of amides is 1. The Hall–Kier alpha value is -1.38. The first-order valence-corrected chi connectivity index (χ1v) is 11.5. The first kappa shape index (κ1) is 20.9. The molecule has 0 bridgehead atoms. The van der Waals surface area contributed by atoms with E-state index in [1.165, 1.54) is 5.57 Å². The molecular weight excluding hydrogens is 343 g/mol. The number of likely N-dealkylation sites (tertiary alicyclic amines) is 1. The van der Waals surface area contributed by atoms with Crippen molar-refractivity contribution in [3.63, 3.8) is 0 Å². The summed E-state index contributed by atoms with van der Waals surface area (Å²) in [4.78, 5) is 16.9. The number of hydrogen-bond donors (Lipinski definition) is 0. The van der Waals surface area contributed by atoms with Gasteiger partial charge < -0.3 is 9.64 Å². The normalized spacial score (nSPS) is 27.1. The highest BCUT2D eigenvalue weighted by molar-refractivity contribution is 7.54. The number of likely N-dealkylation sites (N-methyl/N-ethyl adjacent to an activating group) is 1. The van der Waals surface area contributed by atoms with Crippen LogP contribution in [0.3, 0.4) is 0 Å². The number of carbonyl (C=O) groups is 1. The Morgan fingerprint density at radius 2 is 2.08 bits per heavy atom. The van der Waals surface area contributed by atoms with Crippen LogP contribution in [0.4, 0.5) is 4.79 Å². The van der Waals surface area contributed by atoms with Gasteiger partial charge in [-0.2, -0.15) is 0 Å². The lowest BCUT2D eigenvalue weighted by atomic mass is 9.92. The fraction of sp³-hybridized carbons (Fsp3) is 0.619. The van der Waals surface area contributed by atoms with E-state index < -0.39 is 5.60 Å². The SMILES string of the molecule is C=[P+](C)CN1CC(C2=CC=CC(C)C=C2)C(N(C)C(=O)OC(C)(C)C)C1. The largest absolute Gasteiger partial charge is 0.444 e. The fourth-order valence-corrected chi connectivity index (χ4v) is 4.40. The van der Waals surface area contributed by atoms with Crippen molar-refractivity contribution in [3.05, 3.63) is 36.0 Å². The minimum Gasteiger partial charge on any atom is -0.444 e. The highest BCUT2D eigenvalue weighted by Gasteiger charge is 2.40. The van der Waals surface area contributed by atoms with Crippen molar-refractivity contribution in [2.24, 2.45) is 11.8 Å². The maximum Gasteiger partial charge on any atom is 0.410 e. The number of allylic oxidation sites excluding steroid dienone is 5. The standard InChI is InChI=1S/C21H34N2O2P/c1-16-9-8-10-17(12-11-16)18-13-23(15-26(6)7)14-19(18)22(5)20(24)25-21(2,3)4/h8-12,16,18-19H,6,13-15H2,1-5,7H3/q+1. The lowest BCUT2D eigenvalue weighted by Crippen LogP contribution is -2.45. The van der Waals surface area contributed by atoms with Crippen LogP contribution in [0.15, 0.2) is 36.0 Å². The zero-order valence-corrected chi connectivity index (χ0v) is 18.0. The smallest absolute Gasteiger partial charge is 0.410 e. The van der Waals surface area contributed by atoms with Crippen LogP contribution in [0.1, 0.15) is 27.7 Å². The fourth-order valence-electron chi connectivity index (χ4n) is 3.48. The number of carbonyl (C=O) groups excluding carboxylic acids is 1. The second kappa shape index (κ2) is 8.54. The molecule has 0 aromatic rings. The van der Waals surface area contributed by atoms with E-state index >= 15 is 0 Å².